The van der Waals surface area contributed by atoms with Gasteiger partial charge in [-0.05, 0) is 67.2 Å². The highest BCUT2D eigenvalue weighted by Gasteiger charge is 2.26. The van der Waals surface area contributed by atoms with Crippen molar-refractivity contribution in [2.45, 2.75) is 94.7 Å². The smallest absolute Gasteiger partial charge is 0.290 e. The largest absolute Gasteiger partial charge is 0.490 e. The molecule has 0 aliphatic heterocycles. The van der Waals surface area contributed by atoms with Gasteiger partial charge >= 0.3 is 0 Å². The van der Waals surface area contributed by atoms with E-state index in [2.05, 4.69) is 25.3 Å². The Kier molecular flexibility index (Phi) is 19.5. The van der Waals surface area contributed by atoms with Gasteiger partial charge in [0.25, 0.3) is 6.47 Å². The number of allylic oxidation sites excluding steroid dienone is 1. The lowest BCUT2D eigenvalue weighted by atomic mass is 9.79. The quantitative estimate of drug-likeness (QED) is 0.156. The molecule has 2 aliphatic rings. The van der Waals surface area contributed by atoms with Crippen LogP contribution in [0.2, 0.25) is 0 Å². The Balaban J connectivity index is 0.00000103. The normalized spacial score (nSPS) is 17.1. The average molecular weight is 563 g/mol. The molecular formula is C32H50O8. The predicted octanol–water partition coefficient (Wildman–Crippen LogP) is 6.21. The summed E-state index contributed by atoms with van der Waals surface area (Å²) in [7, 11) is 3.31. The third kappa shape index (κ3) is 13.1. The Morgan fingerprint density at radius 2 is 1.32 bits per heavy atom. The molecule has 1 aromatic carbocycles. The van der Waals surface area contributed by atoms with Crippen molar-refractivity contribution in [2.75, 3.05) is 34.0 Å². The molecule has 2 N–H and O–H groups in total. The number of hydrogen-bond acceptors (Lipinski definition) is 7. The molecule has 8 heteroatoms. The number of carbonyl (C=O) groups excluding carboxylic acids is 1. The van der Waals surface area contributed by atoms with Crippen LogP contribution < -0.4 is 9.47 Å². The number of ether oxygens (including phenoxy) is 4. The van der Waals surface area contributed by atoms with Crippen molar-refractivity contribution in [2.24, 2.45) is 0 Å². The zero-order valence-electron chi connectivity index (χ0n) is 24.4. The average Bonchev–Trinajstić information content (AvgIpc) is 2.99. The van der Waals surface area contributed by atoms with Gasteiger partial charge in [-0.2, -0.15) is 0 Å². The minimum atomic E-state index is -0.651. The van der Waals surface area contributed by atoms with Gasteiger partial charge in [-0.3, -0.25) is 9.59 Å². The fraction of sp³-hybridized carbons (Fsp3) is 0.625. The molecule has 40 heavy (non-hydrogen) atoms. The molecule has 0 amide bonds. The highest BCUT2D eigenvalue weighted by atomic mass is 16.5. The van der Waals surface area contributed by atoms with E-state index >= 15 is 0 Å². The molecule has 0 heterocycles. The van der Waals surface area contributed by atoms with E-state index in [0.29, 0.717) is 24.7 Å². The van der Waals surface area contributed by atoms with Crippen LogP contribution >= 0.6 is 0 Å². The van der Waals surface area contributed by atoms with Crippen LogP contribution in [0.25, 0.3) is 0 Å². The maximum absolute atomic E-state index is 10.2. The summed E-state index contributed by atoms with van der Waals surface area (Å²) in [6, 6.07) is 4.47. The third-order valence-corrected chi connectivity index (χ3v) is 7.31. The number of benzene rings is 1. The standard InChI is InChI=1S/C28H44O5.C3H4O.CH2O2/c1-4-11-24(31-3)20-33-28-17-27(32-19-23(29)18-30-2)25(21-12-7-5-8-13-21)16-26(28)22-14-9-6-10-15-22;1-2-3-4;2-1-3/h4,16-17,21-24,29H,1,5-15,18-20H2,2-3H3;2-3H,1H2;1H,(H,2,3). The number of carbonyl (C=O) groups is 2. The third-order valence-electron chi connectivity index (χ3n) is 7.31. The van der Waals surface area contributed by atoms with Crippen molar-refractivity contribution in [1.29, 1.82) is 0 Å². The molecule has 0 bridgehead atoms. The number of aliphatic hydroxyl groups excluding tert-OH is 1. The number of methoxy groups -OCH3 is 2. The second-order valence-electron chi connectivity index (χ2n) is 10.2. The summed E-state index contributed by atoms with van der Waals surface area (Å²) in [4.78, 5) is 17.4. The molecule has 1 aromatic rings. The highest BCUT2D eigenvalue weighted by molar-refractivity contribution is 5.63. The van der Waals surface area contributed by atoms with Crippen LogP contribution in [0.15, 0.2) is 37.4 Å². The number of aliphatic hydroxyl groups is 1. The van der Waals surface area contributed by atoms with Gasteiger partial charge in [-0.25, -0.2) is 0 Å². The van der Waals surface area contributed by atoms with Crippen molar-refractivity contribution in [3.63, 3.8) is 0 Å². The molecule has 0 aromatic heterocycles. The van der Waals surface area contributed by atoms with Gasteiger partial charge in [-0.15, -0.1) is 6.58 Å². The van der Waals surface area contributed by atoms with E-state index < -0.39 is 6.10 Å². The Bertz CT molecular complexity index is 838. The Morgan fingerprint density at radius 3 is 1.73 bits per heavy atom. The van der Waals surface area contributed by atoms with E-state index in [1.54, 1.807) is 14.2 Å². The summed E-state index contributed by atoms with van der Waals surface area (Å²) in [5, 5.41) is 17.1. The SMILES string of the molecule is C=CC=O.C=CCC(COc1cc(OCC(O)COC)c(C2CCCCC2)cc1C1CCCCC1)OC.O=CO. The maximum atomic E-state index is 10.2. The van der Waals surface area contributed by atoms with E-state index in [1.807, 2.05) is 6.08 Å². The summed E-state index contributed by atoms with van der Waals surface area (Å²) >= 11 is 0. The zero-order chi connectivity index (χ0) is 29.6. The van der Waals surface area contributed by atoms with E-state index in [-0.39, 0.29) is 25.8 Å². The molecule has 2 aliphatic carbocycles. The van der Waals surface area contributed by atoms with Crippen LogP contribution in [-0.4, -0.2) is 69.2 Å². The Hall–Kier alpha value is -2.68. The fourth-order valence-corrected chi connectivity index (χ4v) is 5.34. The van der Waals surface area contributed by atoms with Gasteiger partial charge in [0.2, 0.25) is 0 Å². The van der Waals surface area contributed by atoms with Crippen LogP contribution in [0.5, 0.6) is 11.5 Å². The van der Waals surface area contributed by atoms with E-state index in [9.17, 15) is 5.11 Å². The van der Waals surface area contributed by atoms with Crippen LogP contribution in [0.1, 0.15) is 93.6 Å². The monoisotopic (exact) mass is 562 g/mol. The van der Waals surface area contributed by atoms with E-state index in [4.69, 9.17) is 33.6 Å². The Morgan fingerprint density at radius 1 is 0.850 bits per heavy atom. The summed E-state index contributed by atoms with van der Waals surface area (Å²) in [6.45, 7) is 7.66. The lowest BCUT2D eigenvalue weighted by molar-refractivity contribution is -0.122. The van der Waals surface area contributed by atoms with Crippen LogP contribution in [0.4, 0.5) is 0 Å². The topological polar surface area (TPSA) is 112 Å². The highest BCUT2D eigenvalue weighted by Crippen LogP contribution is 2.45. The first-order valence-corrected chi connectivity index (χ1v) is 14.4. The van der Waals surface area contributed by atoms with Gasteiger partial charge < -0.3 is 29.2 Å². The summed E-state index contributed by atoms with van der Waals surface area (Å²) < 4.78 is 23.3. The Labute approximate surface area is 240 Å². The first-order valence-electron chi connectivity index (χ1n) is 14.4. The zero-order valence-corrected chi connectivity index (χ0v) is 24.4. The van der Waals surface area contributed by atoms with Gasteiger partial charge in [0, 0.05) is 20.3 Å². The second-order valence-corrected chi connectivity index (χ2v) is 10.2. The first kappa shape index (κ1) is 35.3. The molecule has 2 atom stereocenters. The lowest BCUT2D eigenvalue weighted by Crippen LogP contribution is -2.24. The number of hydrogen-bond donors (Lipinski definition) is 2. The van der Waals surface area contributed by atoms with Crippen molar-refractivity contribution in [3.8, 4) is 11.5 Å². The summed E-state index contributed by atoms with van der Waals surface area (Å²) in [5.41, 5.74) is 2.62. The predicted molar refractivity (Wildman–Crippen MR) is 158 cm³/mol. The molecular weight excluding hydrogens is 512 g/mol. The maximum Gasteiger partial charge on any atom is 0.290 e. The summed E-state index contributed by atoms with van der Waals surface area (Å²) in [6.07, 6.45) is 16.4. The molecule has 3 rings (SSSR count). The van der Waals surface area contributed by atoms with Crippen LogP contribution in [-0.2, 0) is 19.1 Å². The minimum Gasteiger partial charge on any atom is -0.490 e. The van der Waals surface area contributed by atoms with Gasteiger partial charge in [0.05, 0.1) is 12.7 Å². The first-order chi connectivity index (χ1) is 19.5. The summed E-state index contributed by atoms with van der Waals surface area (Å²) in [5.74, 6) is 2.80. The number of carboxylic acid groups (broad SMARTS) is 1. The fourth-order valence-electron chi connectivity index (χ4n) is 5.34. The van der Waals surface area contributed by atoms with Gasteiger partial charge in [-0.1, -0.05) is 51.2 Å². The molecule has 2 fully saturated rings. The molecule has 2 unspecified atom stereocenters. The molecule has 8 nitrogen and oxygen atoms in total. The molecule has 2 saturated carbocycles. The van der Waals surface area contributed by atoms with Gasteiger partial charge in [0.15, 0.2) is 0 Å². The van der Waals surface area contributed by atoms with Crippen molar-refractivity contribution < 1.29 is 38.7 Å². The molecule has 0 saturated heterocycles. The van der Waals surface area contributed by atoms with E-state index in [0.717, 1.165) is 17.9 Å². The van der Waals surface area contributed by atoms with Crippen molar-refractivity contribution in [1.82, 2.24) is 0 Å². The van der Waals surface area contributed by atoms with Crippen molar-refractivity contribution in [3.05, 3.63) is 48.6 Å². The molecule has 0 radical (unpaired) electrons. The number of aldehydes is 1. The second kappa shape index (κ2) is 22.1. The molecule has 226 valence electrons. The van der Waals surface area contributed by atoms with Gasteiger partial charge in [0.1, 0.15) is 37.1 Å². The number of rotatable bonds is 14. The molecule has 0 spiro atoms. The van der Waals surface area contributed by atoms with Crippen molar-refractivity contribution >= 4 is 12.8 Å². The van der Waals surface area contributed by atoms with E-state index in [1.165, 1.54) is 81.4 Å². The van der Waals surface area contributed by atoms with Crippen LogP contribution in [0, 0.1) is 0 Å². The lowest BCUT2D eigenvalue weighted by Gasteiger charge is -2.30. The minimum absolute atomic E-state index is 0.0207. The van der Waals surface area contributed by atoms with Crippen LogP contribution in [0.3, 0.4) is 0 Å².